The molecule has 4 heterocycles. The van der Waals surface area contributed by atoms with Crippen LogP contribution in [0.5, 0.6) is 0 Å². The molecule has 0 atom stereocenters. The molecule has 7 heteroatoms. The van der Waals surface area contributed by atoms with Crippen molar-refractivity contribution in [2.75, 3.05) is 0 Å². The molecule has 4 aromatic heterocycles. The number of hydrogen-bond donors (Lipinski definition) is 0. The van der Waals surface area contributed by atoms with E-state index in [1.54, 1.807) is 0 Å². The van der Waals surface area contributed by atoms with Gasteiger partial charge in [-0.2, -0.15) is 0 Å². The van der Waals surface area contributed by atoms with Gasteiger partial charge < -0.3 is 4.57 Å². The van der Waals surface area contributed by atoms with E-state index in [9.17, 15) is 0 Å². The van der Waals surface area contributed by atoms with E-state index in [4.69, 9.17) is 14.4 Å². The van der Waals surface area contributed by atoms with Gasteiger partial charge in [0.2, 0.25) is 0 Å². The molecule has 0 fully saturated rings. The number of pyridine rings is 2. The van der Waals surface area contributed by atoms with Gasteiger partial charge in [-0.3, -0.25) is 4.98 Å². The van der Waals surface area contributed by atoms with Crippen LogP contribution in [0.15, 0.2) is 168 Å². The fourth-order valence-corrected chi connectivity index (χ4v) is 11.5. The van der Waals surface area contributed by atoms with Crippen molar-refractivity contribution in [3.63, 3.8) is 0 Å². The van der Waals surface area contributed by atoms with Crippen molar-refractivity contribution in [3.8, 4) is 50.6 Å². The largest absolute Gasteiger partial charge is 0.333 e. The van der Waals surface area contributed by atoms with Gasteiger partial charge in [0.15, 0.2) is 0 Å². The van der Waals surface area contributed by atoms with Crippen molar-refractivity contribution in [2.24, 2.45) is 5.92 Å². The molecule has 0 bridgehead atoms. The van der Waals surface area contributed by atoms with Crippen LogP contribution >= 0.6 is 0 Å². The van der Waals surface area contributed by atoms with Crippen molar-refractivity contribution >= 4 is 50.8 Å². The standard InChI is InChI=1S/C31H21N2.C24H27GeN2O.Ir/c1-4-12-23(13-5-1)26-20-21-29(27(22-26)24-14-6-2-7-15-24)33-30-19-11-10-18-28(30)32-31(33)25-16-8-3-9-17-25;1-15(2)12-17-13-22(26-14-21(17)25(4,5)6)20-9-7-8-18-19-11-10-16(3)27-24(19)28-23(18)20;/h1-16,18-22H;7-8,10-11,13-15H,12H2,1-6H3;/q2*-1;. The Labute approximate surface area is 380 Å². The molecule has 5 nitrogen and oxygen atoms in total. The first-order valence-corrected chi connectivity index (χ1v) is 28.4. The summed E-state index contributed by atoms with van der Waals surface area (Å²) in [4.78, 5) is 14.4. The van der Waals surface area contributed by atoms with Crippen LogP contribution in [-0.2, 0) is 26.5 Å². The third-order valence-corrected chi connectivity index (χ3v) is 15.4. The van der Waals surface area contributed by atoms with Crippen LogP contribution in [0.2, 0.25) is 17.3 Å². The Balaban J connectivity index is 0.000000170. The summed E-state index contributed by atoms with van der Waals surface area (Å²) in [6.07, 6.45) is 3.19. The van der Waals surface area contributed by atoms with Crippen LogP contribution in [0.3, 0.4) is 0 Å². The van der Waals surface area contributed by atoms with Gasteiger partial charge in [-0.1, -0.05) is 78.9 Å². The van der Waals surface area contributed by atoms with E-state index in [1.807, 2.05) is 43.3 Å². The number of fused-ring (bicyclic) bond motifs is 4. The number of rotatable bonds is 8. The molecule has 62 heavy (non-hydrogen) atoms. The molecule has 0 spiro atoms. The van der Waals surface area contributed by atoms with Gasteiger partial charge in [0, 0.05) is 31.4 Å². The Hall–Kier alpha value is -5.92. The SMILES string of the molecule is Cc1ccc2c(n1)oc1c(-c3cc(CC(C)C)[c]([Ge]([CH3])([CH3])[CH3])cn3)[c-]ccc12.[Ir].[c-]1ccccc1-c1nc2ccccc2n1-c1ccc(-c2ccccc2)cc1-c1ccccc1. The van der Waals surface area contributed by atoms with Gasteiger partial charge in [-0.05, 0) is 41.0 Å². The average molecular weight is 1050 g/mol. The van der Waals surface area contributed by atoms with Crippen LogP contribution in [0.25, 0.3) is 83.7 Å². The van der Waals surface area contributed by atoms with Crippen molar-refractivity contribution < 1.29 is 24.5 Å². The molecule has 6 aromatic carbocycles. The van der Waals surface area contributed by atoms with Crippen molar-refractivity contribution in [2.45, 2.75) is 44.5 Å². The molecule has 1 radical (unpaired) electrons. The van der Waals surface area contributed by atoms with Crippen molar-refractivity contribution in [1.29, 1.82) is 0 Å². The summed E-state index contributed by atoms with van der Waals surface area (Å²) < 4.78 is 9.92. The summed E-state index contributed by atoms with van der Waals surface area (Å²) in [5, 5.41) is 2.11. The summed E-state index contributed by atoms with van der Waals surface area (Å²) >= 11 is -1.99. The second-order valence-electron chi connectivity index (χ2n) is 17.1. The van der Waals surface area contributed by atoms with Gasteiger partial charge in [0.1, 0.15) is 0 Å². The second-order valence-corrected chi connectivity index (χ2v) is 27.6. The first-order chi connectivity index (χ1) is 29.6. The maximum Gasteiger partial charge on any atom is 0.0774 e. The Bertz CT molecular complexity index is 3130. The van der Waals surface area contributed by atoms with E-state index in [2.05, 4.69) is 180 Å². The summed E-state index contributed by atoms with van der Waals surface area (Å²) in [6, 6.07) is 61.3. The number of hydrogen-bond acceptors (Lipinski definition) is 4. The summed E-state index contributed by atoms with van der Waals surface area (Å²) in [5.74, 6) is 8.79. The average Bonchev–Trinajstić information content (AvgIpc) is 3.85. The van der Waals surface area contributed by atoms with E-state index in [0.29, 0.717) is 11.6 Å². The predicted molar refractivity (Wildman–Crippen MR) is 256 cm³/mol. The molecular weight excluding hydrogens is 997 g/mol. The Morgan fingerprint density at radius 2 is 1.40 bits per heavy atom. The minimum atomic E-state index is -1.99. The number of imidazole rings is 1. The molecule has 0 amide bonds. The molecular formula is C55H48GeIrN4O-2. The molecule has 309 valence electrons. The minimum Gasteiger partial charge on any atom is -0.333 e. The van der Waals surface area contributed by atoms with Crippen LogP contribution in [-0.4, -0.2) is 32.8 Å². The second kappa shape index (κ2) is 18.2. The quantitative estimate of drug-likeness (QED) is 0.112. The monoisotopic (exact) mass is 1050 g/mol. The minimum absolute atomic E-state index is 0. The van der Waals surface area contributed by atoms with Crippen LogP contribution < -0.4 is 4.40 Å². The Kier molecular flexibility index (Phi) is 12.6. The molecule has 0 N–H and O–H groups in total. The number of aromatic nitrogens is 4. The van der Waals surface area contributed by atoms with E-state index < -0.39 is 13.3 Å². The molecule has 0 unspecified atom stereocenters. The van der Waals surface area contributed by atoms with Gasteiger partial charge >= 0.3 is 170 Å². The normalized spacial score (nSPS) is 11.5. The van der Waals surface area contributed by atoms with Gasteiger partial charge in [-0.25, -0.2) is 0 Å². The smallest absolute Gasteiger partial charge is 0.0774 e. The maximum atomic E-state index is 6.17. The zero-order valence-corrected chi connectivity index (χ0v) is 40.4. The maximum absolute atomic E-state index is 6.17. The third kappa shape index (κ3) is 8.74. The fourth-order valence-electron chi connectivity index (χ4n) is 8.20. The molecule has 10 rings (SSSR count). The summed E-state index contributed by atoms with van der Waals surface area (Å²) in [6.45, 7) is 6.54. The van der Waals surface area contributed by atoms with Crippen molar-refractivity contribution in [3.05, 3.63) is 187 Å². The van der Waals surface area contributed by atoms with Gasteiger partial charge in [0.05, 0.1) is 16.9 Å². The number of benzene rings is 6. The number of aryl methyl sites for hydroxylation is 1. The molecule has 0 aliphatic rings. The first kappa shape index (κ1) is 42.8. The van der Waals surface area contributed by atoms with Crippen molar-refractivity contribution in [1.82, 2.24) is 19.5 Å². The number of furan rings is 1. The Morgan fingerprint density at radius 1 is 0.677 bits per heavy atom. The number of para-hydroxylation sites is 2. The first-order valence-electron chi connectivity index (χ1n) is 21.0. The van der Waals surface area contributed by atoms with E-state index in [1.165, 1.54) is 26.6 Å². The molecule has 0 saturated carbocycles. The van der Waals surface area contributed by atoms with Gasteiger partial charge in [-0.15, -0.1) is 35.9 Å². The Morgan fingerprint density at radius 3 is 2.13 bits per heavy atom. The number of nitrogens with zero attached hydrogens (tertiary/aromatic N) is 4. The summed E-state index contributed by atoms with van der Waals surface area (Å²) in [5.41, 5.74) is 14.6. The molecule has 0 saturated heterocycles. The predicted octanol–water partition coefficient (Wildman–Crippen LogP) is 13.7. The van der Waals surface area contributed by atoms with Crippen LogP contribution in [0.1, 0.15) is 25.1 Å². The summed E-state index contributed by atoms with van der Waals surface area (Å²) in [7, 11) is 0. The van der Waals surface area contributed by atoms with E-state index in [0.717, 1.165) is 73.4 Å². The van der Waals surface area contributed by atoms with E-state index in [-0.39, 0.29) is 20.1 Å². The molecule has 10 aromatic rings. The van der Waals surface area contributed by atoms with Gasteiger partial charge in [0.25, 0.3) is 0 Å². The topological polar surface area (TPSA) is 56.7 Å². The zero-order chi connectivity index (χ0) is 42.1. The zero-order valence-electron chi connectivity index (χ0n) is 35.9. The van der Waals surface area contributed by atoms with Crippen LogP contribution in [0.4, 0.5) is 0 Å². The molecule has 0 aliphatic heterocycles. The molecule has 0 aliphatic carbocycles. The van der Waals surface area contributed by atoms with Crippen LogP contribution in [0, 0.1) is 25.0 Å². The van der Waals surface area contributed by atoms with E-state index >= 15 is 0 Å². The third-order valence-electron chi connectivity index (χ3n) is 11.1. The fraction of sp³-hybridized carbons (Fsp3) is 0.145.